The smallest absolute Gasteiger partial charge is 0.224 e. The molecule has 3 rings (SSSR count). The van der Waals surface area contributed by atoms with Crippen LogP contribution in [-0.4, -0.2) is 54.0 Å². The molecule has 0 unspecified atom stereocenters. The summed E-state index contributed by atoms with van der Waals surface area (Å²) in [5.41, 5.74) is 2.82. The Kier molecular flexibility index (Phi) is 13.0. The number of hydrogen-bond donors (Lipinski definition) is 1. The molecule has 2 aromatic rings. The standard InChI is InChI=1S/C33H49N3O3S/c1-6-11-28(37)20-26(21-32-35-29-16-14-24(7-2)19-31(29)40-32)33(39)34-27(18-25-12-9-8-10-13-25)15-17-30(38)23(3)22-36(4)5/h14,16,19,25-27H,3,6-13,15,17-18,20-22H2,1-2,4-5H3,(H,34,39)/t26-,27+/m0/s1. The van der Waals surface area contributed by atoms with Crippen molar-refractivity contribution in [1.82, 2.24) is 15.2 Å². The van der Waals surface area contributed by atoms with Gasteiger partial charge in [-0.1, -0.05) is 58.6 Å². The van der Waals surface area contributed by atoms with Crippen molar-refractivity contribution in [3.05, 3.63) is 40.9 Å². The van der Waals surface area contributed by atoms with E-state index < -0.39 is 5.92 Å². The summed E-state index contributed by atoms with van der Waals surface area (Å²) in [5.74, 6) is 0.205. The van der Waals surface area contributed by atoms with Crippen LogP contribution in [0.3, 0.4) is 0 Å². The molecule has 1 aliphatic rings. The molecule has 1 aromatic carbocycles. The van der Waals surface area contributed by atoms with E-state index in [9.17, 15) is 14.4 Å². The molecule has 0 saturated heterocycles. The minimum absolute atomic E-state index is 0.0622. The maximum absolute atomic E-state index is 13.8. The van der Waals surface area contributed by atoms with E-state index in [4.69, 9.17) is 4.98 Å². The molecular weight excluding hydrogens is 518 g/mol. The Morgan fingerprint density at radius 1 is 1.12 bits per heavy atom. The highest BCUT2D eigenvalue weighted by atomic mass is 32.1. The maximum atomic E-state index is 13.8. The lowest BCUT2D eigenvalue weighted by Gasteiger charge is -2.28. The van der Waals surface area contributed by atoms with E-state index in [1.54, 1.807) is 11.3 Å². The zero-order chi connectivity index (χ0) is 29.1. The fourth-order valence-electron chi connectivity index (χ4n) is 5.79. The molecule has 2 atom stereocenters. The number of ketones is 2. The molecule has 6 nitrogen and oxygen atoms in total. The number of carbonyl (C=O) groups is 3. The average Bonchev–Trinajstić information content (AvgIpc) is 3.33. The zero-order valence-corrected chi connectivity index (χ0v) is 25.9. The van der Waals surface area contributed by atoms with Crippen LogP contribution in [0.5, 0.6) is 0 Å². The van der Waals surface area contributed by atoms with Gasteiger partial charge in [0.05, 0.1) is 21.1 Å². The van der Waals surface area contributed by atoms with Crippen LogP contribution >= 0.6 is 11.3 Å². The van der Waals surface area contributed by atoms with E-state index in [1.165, 1.54) is 37.7 Å². The second kappa shape index (κ2) is 16.2. The van der Waals surface area contributed by atoms with Gasteiger partial charge in [0.15, 0.2) is 5.78 Å². The van der Waals surface area contributed by atoms with Crippen LogP contribution in [-0.2, 0) is 27.2 Å². The van der Waals surface area contributed by atoms with E-state index in [0.717, 1.165) is 34.5 Å². The van der Waals surface area contributed by atoms with Gasteiger partial charge in [0.25, 0.3) is 0 Å². The van der Waals surface area contributed by atoms with Crippen molar-refractivity contribution < 1.29 is 14.4 Å². The summed E-state index contributed by atoms with van der Waals surface area (Å²) in [6.07, 6.45) is 10.9. The molecule has 0 aliphatic heterocycles. The molecule has 1 saturated carbocycles. The summed E-state index contributed by atoms with van der Waals surface area (Å²) >= 11 is 1.62. The average molecular weight is 568 g/mol. The number of likely N-dealkylation sites (N-methyl/N-ethyl adjacent to an activating group) is 1. The summed E-state index contributed by atoms with van der Waals surface area (Å²) in [6, 6.07) is 6.24. The molecule has 40 heavy (non-hydrogen) atoms. The van der Waals surface area contributed by atoms with Gasteiger partial charge in [-0.05, 0) is 63.4 Å². The van der Waals surface area contributed by atoms with E-state index in [0.29, 0.717) is 43.7 Å². The highest BCUT2D eigenvalue weighted by molar-refractivity contribution is 7.18. The Balaban J connectivity index is 1.75. The van der Waals surface area contributed by atoms with Crippen LogP contribution < -0.4 is 5.32 Å². The first-order valence-electron chi connectivity index (χ1n) is 15.2. The summed E-state index contributed by atoms with van der Waals surface area (Å²) in [7, 11) is 3.86. The Morgan fingerprint density at radius 2 is 1.88 bits per heavy atom. The number of fused-ring (bicyclic) bond motifs is 1. The number of aryl methyl sites for hydroxylation is 1. The second-order valence-corrected chi connectivity index (χ2v) is 13.0. The number of hydrogen-bond acceptors (Lipinski definition) is 6. The predicted molar refractivity (Wildman–Crippen MR) is 166 cm³/mol. The van der Waals surface area contributed by atoms with Crippen LogP contribution in [0.2, 0.25) is 0 Å². The Bertz CT molecular complexity index is 1150. The molecule has 1 heterocycles. The van der Waals surface area contributed by atoms with Crippen LogP contribution in [0.4, 0.5) is 0 Å². The van der Waals surface area contributed by atoms with Crippen molar-refractivity contribution in [3.63, 3.8) is 0 Å². The lowest BCUT2D eigenvalue weighted by Crippen LogP contribution is -2.41. The van der Waals surface area contributed by atoms with E-state index in [-0.39, 0.29) is 29.9 Å². The number of rotatable bonds is 17. The minimum atomic E-state index is -0.460. The van der Waals surface area contributed by atoms with Gasteiger partial charge in [-0.2, -0.15) is 0 Å². The predicted octanol–water partition coefficient (Wildman–Crippen LogP) is 6.70. The first-order chi connectivity index (χ1) is 19.2. The van der Waals surface area contributed by atoms with Crippen molar-refractivity contribution in [3.8, 4) is 0 Å². The number of nitrogens with one attached hydrogen (secondary N) is 1. The normalized spacial score (nSPS) is 15.7. The number of nitrogens with zero attached hydrogens (tertiary/aromatic N) is 2. The van der Waals surface area contributed by atoms with E-state index >= 15 is 0 Å². The summed E-state index contributed by atoms with van der Waals surface area (Å²) in [6.45, 7) is 8.66. The van der Waals surface area contributed by atoms with Crippen LogP contribution in [0, 0.1) is 11.8 Å². The fraction of sp³-hybridized carbons (Fsp3) is 0.636. The van der Waals surface area contributed by atoms with Gasteiger partial charge in [-0.3, -0.25) is 14.4 Å². The summed E-state index contributed by atoms with van der Waals surface area (Å²) in [4.78, 5) is 46.1. The van der Waals surface area contributed by atoms with Gasteiger partial charge in [0.1, 0.15) is 5.78 Å². The highest BCUT2D eigenvalue weighted by Crippen LogP contribution is 2.30. The Hall–Kier alpha value is -2.38. The molecule has 7 heteroatoms. The molecule has 1 N–H and O–H groups in total. The summed E-state index contributed by atoms with van der Waals surface area (Å²) in [5, 5.41) is 4.21. The number of carbonyl (C=O) groups excluding carboxylic acids is 3. The number of aromatic nitrogens is 1. The largest absolute Gasteiger partial charge is 0.353 e. The monoisotopic (exact) mass is 567 g/mol. The first-order valence-corrected chi connectivity index (χ1v) is 16.1. The lowest BCUT2D eigenvalue weighted by molar-refractivity contribution is -0.130. The molecular formula is C33H49N3O3S. The minimum Gasteiger partial charge on any atom is -0.353 e. The van der Waals surface area contributed by atoms with Crippen molar-refractivity contribution >= 4 is 39.0 Å². The van der Waals surface area contributed by atoms with Crippen LogP contribution in [0.1, 0.15) is 95.0 Å². The van der Waals surface area contributed by atoms with Crippen LogP contribution in [0.25, 0.3) is 10.2 Å². The summed E-state index contributed by atoms with van der Waals surface area (Å²) < 4.78 is 1.13. The molecule has 0 radical (unpaired) electrons. The van der Waals surface area contributed by atoms with Crippen molar-refractivity contribution in [2.45, 2.75) is 103 Å². The van der Waals surface area contributed by atoms with E-state index in [2.05, 4.69) is 31.0 Å². The van der Waals surface area contributed by atoms with Crippen molar-refractivity contribution in [2.75, 3.05) is 20.6 Å². The Labute approximate surface area is 245 Å². The van der Waals surface area contributed by atoms with Crippen molar-refractivity contribution in [1.29, 1.82) is 0 Å². The molecule has 1 amide bonds. The third kappa shape index (κ3) is 10.2. The molecule has 1 aliphatic carbocycles. The van der Waals surface area contributed by atoms with Crippen molar-refractivity contribution in [2.24, 2.45) is 11.8 Å². The SMILES string of the molecule is C=C(CN(C)C)C(=O)CC[C@H](CC1CCCCC1)NC(=O)[C@@H](CC(=O)CCC)Cc1nc2ccc(CC)cc2s1. The third-order valence-electron chi connectivity index (χ3n) is 8.01. The van der Waals surface area contributed by atoms with Crippen LogP contribution in [0.15, 0.2) is 30.4 Å². The van der Waals surface area contributed by atoms with Gasteiger partial charge in [-0.15, -0.1) is 11.3 Å². The van der Waals surface area contributed by atoms with E-state index in [1.807, 2.05) is 32.0 Å². The van der Waals surface area contributed by atoms with Gasteiger partial charge in [0.2, 0.25) is 5.91 Å². The molecule has 0 spiro atoms. The van der Waals surface area contributed by atoms with Gasteiger partial charge in [0, 0.05) is 43.8 Å². The molecule has 220 valence electrons. The zero-order valence-electron chi connectivity index (χ0n) is 25.1. The molecule has 0 bridgehead atoms. The number of amides is 1. The molecule has 1 fully saturated rings. The third-order valence-corrected chi connectivity index (χ3v) is 9.05. The lowest BCUT2D eigenvalue weighted by atomic mass is 9.83. The highest BCUT2D eigenvalue weighted by Gasteiger charge is 2.28. The maximum Gasteiger partial charge on any atom is 0.224 e. The Morgan fingerprint density at radius 3 is 2.55 bits per heavy atom. The fourth-order valence-corrected chi connectivity index (χ4v) is 6.90. The van der Waals surface area contributed by atoms with Gasteiger partial charge < -0.3 is 10.2 Å². The number of Topliss-reactive ketones (excluding diaryl/α,β-unsaturated/α-hetero) is 2. The quantitative estimate of drug-likeness (QED) is 0.215. The molecule has 1 aromatic heterocycles. The number of benzene rings is 1. The first kappa shape index (κ1) is 32.1. The number of thiazole rings is 1. The topological polar surface area (TPSA) is 79.4 Å². The van der Waals surface area contributed by atoms with Gasteiger partial charge in [-0.25, -0.2) is 4.98 Å². The van der Waals surface area contributed by atoms with Gasteiger partial charge >= 0.3 is 0 Å². The second-order valence-electron chi connectivity index (χ2n) is 11.9.